The van der Waals surface area contributed by atoms with Gasteiger partial charge in [0, 0.05) is 29.1 Å². The molecule has 0 aliphatic rings. The van der Waals surface area contributed by atoms with E-state index in [9.17, 15) is 9.18 Å². The average molecular weight is 363 g/mol. The number of benzene rings is 2. The van der Waals surface area contributed by atoms with Gasteiger partial charge in [-0.1, -0.05) is 30.3 Å². The van der Waals surface area contributed by atoms with E-state index in [4.69, 9.17) is 0 Å². The minimum Gasteiger partial charge on any atom is -0.298 e. The van der Waals surface area contributed by atoms with Gasteiger partial charge in [0.25, 0.3) is 5.91 Å². The predicted octanol–water partition coefficient (Wildman–Crippen LogP) is 4.67. The fourth-order valence-corrected chi connectivity index (χ4v) is 3.54. The number of nitrogens with one attached hydrogen (secondary N) is 1. The lowest BCUT2D eigenvalue weighted by Gasteiger charge is -2.05. The average Bonchev–Trinajstić information content (AvgIpc) is 3.10. The number of carbonyl (C=O) groups excluding carboxylic acids is 1. The van der Waals surface area contributed by atoms with Gasteiger partial charge in [-0.25, -0.2) is 9.37 Å². The van der Waals surface area contributed by atoms with Crippen molar-refractivity contribution in [2.45, 2.75) is 6.42 Å². The van der Waals surface area contributed by atoms with Gasteiger partial charge in [0.05, 0.1) is 11.1 Å². The number of rotatable bonds is 4. The highest BCUT2D eigenvalue weighted by molar-refractivity contribution is 7.15. The number of aromatic nitrogens is 2. The second-order valence-electron chi connectivity index (χ2n) is 5.77. The highest BCUT2D eigenvalue weighted by Crippen LogP contribution is 2.23. The van der Waals surface area contributed by atoms with Crippen molar-refractivity contribution in [1.82, 2.24) is 9.97 Å². The van der Waals surface area contributed by atoms with Crippen LogP contribution in [0.1, 0.15) is 20.8 Å². The van der Waals surface area contributed by atoms with E-state index in [1.807, 2.05) is 24.3 Å². The Kier molecular flexibility index (Phi) is 4.41. The molecule has 4 rings (SSSR count). The number of fused-ring (bicyclic) bond motifs is 1. The van der Waals surface area contributed by atoms with E-state index in [2.05, 4.69) is 15.3 Å². The minimum atomic E-state index is -0.255. The number of carbonyl (C=O) groups is 1. The Hall–Kier alpha value is -3.12. The summed E-state index contributed by atoms with van der Waals surface area (Å²) in [5.74, 6) is -0.494. The predicted molar refractivity (Wildman–Crippen MR) is 101 cm³/mol. The van der Waals surface area contributed by atoms with Crippen LogP contribution in [0.2, 0.25) is 0 Å². The third-order valence-corrected chi connectivity index (χ3v) is 4.86. The molecule has 6 heteroatoms. The fourth-order valence-electron chi connectivity index (χ4n) is 2.70. The van der Waals surface area contributed by atoms with Gasteiger partial charge in [-0.3, -0.25) is 15.1 Å². The first kappa shape index (κ1) is 16.4. The second kappa shape index (κ2) is 7.01. The number of thiazole rings is 1. The van der Waals surface area contributed by atoms with Crippen molar-refractivity contribution >= 4 is 33.3 Å². The van der Waals surface area contributed by atoms with E-state index in [0.717, 1.165) is 15.8 Å². The van der Waals surface area contributed by atoms with Gasteiger partial charge in [0.2, 0.25) is 0 Å². The van der Waals surface area contributed by atoms with Crippen LogP contribution in [0, 0.1) is 5.82 Å². The molecule has 0 atom stereocenters. The van der Waals surface area contributed by atoms with Crippen LogP contribution in [-0.2, 0) is 6.42 Å². The fraction of sp³-hybridized carbons (Fsp3) is 0.0500. The third kappa shape index (κ3) is 3.45. The molecule has 2 aromatic heterocycles. The number of amides is 1. The Morgan fingerprint density at radius 3 is 2.69 bits per heavy atom. The number of para-hydroxylation sites is 1. The monoisotopic (exact) mass is 363 g/mol. The van der Waals surface area contributed by atoms with Crippen molar-refractivity contribution < 1.29 is 9.18 Å². The van der Waals surface area contributed by atoms with Crippen molar-refractivity contribution in [3.8, 4) is 0 Å². The highest BCUT2D eigenvalue weighted by atomic mass is 32.1. The molecule has 2 aromatic carbocycles. The summed E-state index contributed by atoms with van der Waals surface area (Å²) in [7, 11) is 0. The van der Waals surface area contributed by atoms with Gasteiger partial charge in [-0.15, -0.1) is 11.3 Å². The summed E-state index contributed by atoms with van der Waals surface area (Å²) in [5.41, 5.74) is 2.17. The van der Waals surface area contributed by atoms with Crippen LogP contribution in [0.4, 0.5) is 9.52 Å². The molecule has 0 saturated heterocycles. The maximum absolute atomic E-state index is 13.0. The first-order valence-corrected chi connectivity index (χ1v) is 8.85. The smallest absolute Gasteiger partial charge is 0.259 e. The summed E-state index contributed by atoms with van der Waals surface area (Å²) in [6.07, 6.45) is 4.04. The largest absolute Gasteiger partial charge is 0.298 e. The van der Waals surface area contributed by atoms with E-state index in [1.54, 1.807) is 30.6 Å². The summed E-state index contributed by atoms with van der Waals surface area (Å²) in [6, 6.07) is 15.6. The van der Waals surface area contributed by atoms with Crippen LogP contribution in [0.25, 0.3) is 10.9 Å². The number of halogens is 1. The van der Waals surface area contributed by atoms with Crippen LogP contribution in [-0.4, -0.2) is 15.9 Å². The zero-order valence-corrected chi connectivity index (χ0v) is 14.5. The lowest BCUT2D eigenvalue weighted by Crippen LogP contribution is -2.12. The SMILES string of the molecule is O=C(Nc1ncc(Cc2ccc(F)cc2)s1)c1cccc2cccnc12. The minimum absolute atomic E-state index is 0.239. The summed E-state index contributed by atoms with van der Waals surface area (Å²) >= 11 is 1.40. The van der Waals surface area contributed by atoms with E-state index >= 15 is 0 Å². The number of pyridine rings is 1. The Bertz CT molecular complexity index is 1070. The lowest BCUT2D eigenvalue weighted by molar-refractivity contribution is 0.102. The number of hydrogen-bond acceptors (Lipinski definition) is 4. The van der Waals surface area contributed by atoms with Gasteiger partial charge < -0.3 is 0 Å². The first-order valence-electron chi connectivity index (χ1n) is 8.03. The molecule has 0 bridgehead atoms. The molecule has 2 heterocycles. The molecule has 0 aliphatic heterocycles. The zero-order chi connectivity index (χ0) is 17.9. The molecule has 0 spiro atoms. The molecule has 0 saturated carbocycles. The van der Waals surface area contributed by atoms with E-state index < -0.39 is 0 Å². The maximum atomic E-state index is 13.0. The molecular weight excluding hydrogens is 349 g/mol. The van der Waals surface area contributed by atoms with Crippen LogP contribution >= 0.6 is 11.3 Å². The Morgan fingerprint density at radius 1 is 1.04 bits per heavy atom. The summed E-state index contributed by atoms with van der Waals surface area (Å²) in [6.45, 7) is 0. The van der Waals surface area contributed by atoms with Gasteiger partial charge in [0.1, 0.15) is 5.82 Å². The number of anilines is 1. The van der Waals surface area contributed by atoms with Crippen molar-refractivity contribution in [3.05, 3.63) is 88.8 Å². The first-order chi connectivity index (χ1) is 12.7. The van der Waals surface area contributed by atoms with E-state index in [1.165, 1.54) is 23.5 Å². The van der Waals surface area contributed by atoms with Crippen LogP contribution in [0.3, 0.4) is 0 Å². The molecule has 128 valence electrons. The van der Waals surface area contributed by atoms with Crippen LogP contribution < -0.4 is 5.32 Å². The molecule has 0 aliphatic carbocycles. The standard InChI is InChI=1S/C20H14FN3OS/c21-15-8-6-13(7-9-15)11-16-12-23-20(26-16)24-19(25)17-5-1-3-14-4-2-10-22-18(14)17/h1-10,12H,11H2,(H,23,24,25). The van der Waals surface area contributed by atoms with Gasteiger partial charge >= 0.3 is 0 Å². The third-order valence-electron chi connectivity index (χ3n) is 3.94. The lowest BCUT2D eigenvalue weighted by atomic mass is 10.1. The Morgan fingerprint density at radius 2 is 1.85 bits per heavy atom. The van der Waals surface area contributed by atoms with Gasteiger partial charge in [0.15, 0.2) is 5.13 Å². The van der Waals surface area contributed by atoms with E-state index in [-0.39, 0.29) is 11.7 Å². The molecule has 26 heavy (non-hydrogen) atoms. The normalized spacial score (nSPS) is 10.8. The molecule has 0 fully saturated rings. The number of hydrogen-bond donors (Lipinski definition) is 1. The molecule has 1 amide bonds. The molecule has 4 aromatic rings. The van der Waals surface area contributed by atoms with Gasteiger partial charge in [-0.05, 0) is 29.8 Å². The molecule has 0 radical (unpaired) electrons. The summed E-state index contributed by atoms with van der Waals surface area (Å²) < 4.78 is 13.0. The van der Waals surface area contributed by atoms with Crippen molar-refractivity contribution in [1.29, 1.82) is 0 Å². The Balaban J connectivity index is 1.51. The van der Waals surface area contributed by atoms with Crippen molar-refractivity contribution in [2.24, 2.45) is 0 Å². The highest BCUT2D eigenvalue weighted by Gasteiger charge is 2.13. The van der Waals surface area contributed by atoms with Crippen molar-refractivity contribution in [3.63, 3.8) is 0 Å². The topological polar surface area (TPSA) is 54.9 Å². The maximum Gasteiger partial charge on any atom is 0.259 e. The zero-order valence-electron chi connectivity index (χ0n) is 13.6. The molecule has 0 unspecified atom stereocenters. The Labute approximate surface area is 153 Å². The second-order valence-corrected chi connectivity index (χ2v) is 6.88. The molecular formula is C20H14FN3OS. The van der Waals surface area contributed by atoms with E-state index in [0.29, 0.717) is 22.6 Å². The van der Waals surface area contributed by atoms with Crippen LogP contribution in [0.5, 0.6) is 0 Å². The number of nitrogens with zero attached hydrogens (tertiary/aromatic N) is 2. The van der Waals surface area contributed by atoms with Gasteiger partial charge in [-0.2, -0.15) is 0 Å². The molecule has 1 N–H and O–H groups in total. The summed E-state index contributed by atoms with van der Waals surface area (Å²) in [5, 5.41) is 4.28. The summed E-state index contributed by atoms with van der Waals surface area (Å²) in [4.78, 5) is 22.2. The quantitative estimate of drug-likeness (QED) is 0.573. The van der Waals surface area contributed by atoms with Crippen LogP contribution in [0.15, 0.2) is 67.0 Å². The molecule has 4 nitrogen and oxygen atoms in total. The van der Waals surface area contributed by atoms with Crippen molar-refractivity contribution in [2.75, 3.05) is 5.32 Å².